The third-order valence-electron chi connectivity index (χ3n) is 5.73. The third kappa shape index (κ3) is 4.30. The van der Waals surface area contributed by atoms with E-state index in [4.69, 9.17) is 11.6 Å². The number of amides is 1. The van der Waals surface area contributed by atoms with Crippen LogP contribution in [0.3, 0.4) is 0 Å². The van der Waals surface area contributed by atoms with Gasteiger partial charge in [-0.2, -0.15) is 0 Å². The minimum atomic E-state index is -0.0751. The zero-order valence-corrected chi connectivity index (χ0v) is 16.1. The first-order valence-electron chi connectivity index (χ1n) is 9.04. The van der Waals surface area contributed by atoms with Crippen LogP contribution in [0.25, 0.3) is 0 Å². The molecular formula is C19H33ClN2O. The molecule has 0 radical (unpaired) electrons. The second kappa shape index (κ2) is 7.57. The van der Waals surface area contributed by atoms with Crippen molar-refractivity contribution in [2.24, 2.45) is 23.2 Å². The van der Waals surface area contributed by atoms with Gasteiger partial charge in [-0.25, -0.2) is 0 Å². The van der Waals surface area contributed by atoms with Gasteiger partial charge in [0.2, 0.25) is 5.91 Å². The molecule has 0 saturated carbocycles. The normalized spacial score (nSPS) is 32.1. The molecule has 1 amide bonds. The van der Waals surface area contributed by atoms with E-state index in [1.165, 1.54) is 6.42 Å². The number of hydrogen-bond acceptors (Lipinski definition) is 2. The third-order valence-corrected chi connectivity index (χ3v) is 6.09. The van der Waals surface area contributed by atoms with Crippen LogP contribution in [-0.2, 0) is 4.79 Å². The summed E-state index contributed by atoms with van der Waals surface area (Å²) in [6.07, 6.45) is 7.84. The van der Waals surface area contributed by atoms with Gasteiger partial charge in [-0.15, -0.1) is 11.6 Å². The van der Waals surface area contributed by atoms with E-state index >= 15 is 0 Å². The Kier molecular flexibility index (Phi) is 6.18. The highest BCUT2D eigenvalue weighted by atomic mass is 35.5. The molecular weight excluding hydrogens is 308 g/mol. The molecule has 4 heteroatoms. The summed E-state index contributed by atoms with van der Waals surface area (Å²) in [6, 6.07) is -0.0751. The van der Waals surface area contributed by atoms with Crippen molar-refractivity contribution in [3.05, 3.63) is 12.2 Å². The molecule has 0 aromatic carbocycles. The summed E-state index contributed by atoms with van der Waals surface area (Å²) in [5.41, 5.74) is 0.150. The van der Waals surface area contributed by atoms with Gasteiger partial charge in [-0.05, 0) is 49.5 Å². The number of likely N-dealkylation sites (N-methyl/N-ethyl adjacent to an activating group) is 1. The zero-order chi connectivity index (χ0) is 17.2. The van der Waals surface area contributed by atoms with E-state index in [1.54, 1.807) is 0 Å². The lowest BCUT2D eigenvalue weighted by Crippen LogP contribution is -2.55. The molecule has 1 saturated heterocycles. The van der Waals surface area contributed by atoms with Gasteiger partial charge in [0.1, 0.15) is 0 Å². The van der Waals surface area contributed by atoms with Gasteiger partial charge in [0.25, 0.3) is 0 Å². The zero-order valence-electron chi connectivity index (χ0n) is 15.3. The summed E-state index contributed by atoms with van der Waals surface area (Å²) in [5.74, 6) is 1.82. The summed E-state index contributed by atoms with van der Waals surface area (Å²) < 4.78 is 0. The van der Waals surface area contributed by atoms with Crippen molar-refractivity contribution in [1.29, 1.82) is 0 Å². The minimum Gasteiger partial charge on any atom is -0.341 e. The second-order valence-electron chi connectivity index (χ2n) is 8.30. The number of alkyl halides is 1. The highest BCUT2D eigenvalue weighted by Crippen LogP contribution is 2.43. The van der Waals surface area contributed by atoms with Crippen molar-refractivity contribution in [3.63, 3.8) is 0 Å². The molecule has 132 valence electrons. The van der Waals surface area contributed by atoms with Crippen LogP contribution in [0.4, 0.5) is 0 Å². The van der Waals surface area contributed by atoms with Gasteiger partial charge in [-0.3, -0.25) is 4.79 Å². The largest absolute Gasteiger partial charge is 0.341 e. The van der Waals surface area contributed by atoms with E-state index in [0.717, 1.165) is 25.9 Å². The van der Waals surface area contributed by atoms with E-state index in [-0.39, 0.29) is 22.7 Å². The van der Waals surface area contributed by atoms with Crippen molar-refractivity contribution in [3.8, 4) is 0 Å². The highest BCUT2D eigenvalue weighted by molar-refractivity contribution is 6.21. The number of allylic oxidation sites excluding steroid dienone is 2. The van der Waals surface area contributed by atoms with Crippen molar-refractivity contribution in [2.75, 3.05) is 20.1 Å². The van der Waals surface area contributed by atoms with Crippen molar-refractivity contribution < 1.29 is 4.79 Å². The average molecular weight is 341 g/mol. The molecule has 1 fully saturated rings. The lowest BCUT2D eigenvalue weighted by molar-refractivity contribution is -0.139. The number of halogens is 1. The Bertz CT molecular complexity index is 447. The summed E-state index contributed by atoms with van der Waals surface area (Å²) in [7, 11) is 1.88. The lowest BCUT2D eigenvalue weighted by atomic mass is 9.65. The molecule has 1 aliphatic carbocycles. The fraction of sp³-hybridized carbons (Fsp3) is 0.842. The fourth-order valence-corrected chi connectivity index (χ4v) is 4.65. The molecule has 1 heterocycles. The first-order valence-corrected chi connectivity index (χ1v) is 9.48. The smallest absolute Gasteiger partial charge is 0.239 e. The maximum Gasteiger partial charge on any atom is 0.239 e. The summed E-state index contributed by atoms with van der Waals surface area (Å²) >= 11 is 6.19. The van der Waals surface area contributed by atoms with Gasteiger partial charge in [0.05, 0.1) is 11.4 Å². The Balaban J connectivity index is 2.05. The number of likely N-dealkylation sites (tertiary alicyclic amines) is 1. The van der Waals surface area contributed by atoms with Crippen LogP contribution < -0.4 is 5.32 Å². The number of nitrogens with one attached hydrogen (secondary N) is 1. The molecule has 0 spiro atoms. The fourth-order valence-electron chi connectivity index (χ4n) is 4.44. The SMILES string of the molecule is CN[C@@H](C(=O)N1CC[C@H](C2C=CC(Cl)CC2)C(C)(C)C1)C(C)C. The second-order valence-corrected chi connectivity index (χ2v) is 8.86. The van der Waals surface area contributed by atoms with Crippen molar-refractivity contribution in [2.45, 2.75) is 58.4 Å². The van der Waals surface area contributed by atoms with Gasteiger partial charge in [0.15, 0.2) is 0 Å². The van der Waals surface area contributed by atoms with Crippen LogP contribution in [-0.4, -0.2) is 42.4 Å². The van der Waals surface area contributed by atoms with E-state index in [2.05, 4.69) is 50.1 Å². The maximum atomic E-state index is 12.8. The van der Waals surface area contributed by atoms with Crippen molar-refractivity contribution >= 4 is 17.5 Å². The quantitative estimate of drug-likeness (QED) is 0.625. The number of nitrogens with zero attached hydrogens (tertiary/aromatic N) is 1. The lowest BCUT2D eigenvalue weighted by Gasteiger charge is -2.48. The van der Waals surface area contributed by atoms with E-state index < -0.39 is 0 Å². The molecule has 0 bridgehead atoms. The molecule has 23 heavy (non-hydrogen) atoms. The standard InChI is InChI=1S/C19H33ClN2O/c1-13(2)17(21-5)18(23)22-11-10-16(19(3,4)12-22)14-6-8-15(20)9-7-14/h6,8,13-17,21H,7,9-12H2,1-5H3/t14?,15?,16-,17-/m1/s1. The maximum absolute atomic E-state index is 12.8. The van der Waals surface area contributed by atoms with E-state index in [0.29, 0.717) is 17.8 Å². The Hall–Kier alpha value is -0.540. The number of carbonyl (C=O) groups excluding carboxylic acids is 1. The molecule has 1 N–H and O–H groups in total. The molecule has 4 atom stereocenters. The van der Waals surface area contributed by atoms with Gasteiger partial charge < -0.3 is 10.2 Å². The summed E-state index contributed by atoms with van der Waals surface area (Å²) in [4.78, 5) is 14.9. The van der Waals surface area contributed by atoms with Crippen LogP contribution in [0.15, 0.2) is 12.2 Å². The molecule has 0 aromatic heterocycles. The van der Waals surface area contributed by atoms with Crippen LogP contribution in [0.2, 0.25) is 0 Å². The first-order chi connectivity index (χ1) is 10.8. The van der Waals surface area contributed by atoms with Gasteiger partial charge in [0, 0.05) is 13.1 Å². The van der Waals surface area contributed by atoms with Crippen molar-refractivity contribution in [1.82, 2.24) is 10.2 Å². The predicted molar refractivity (Wildman–Crippen MR) is 97.7 cm³/mol. The average Bonchev–Trinajstić information content (AvgIpc) is 2.47. The van der Waals surface area contributed by atoms with Gasteiger partial charge in [-0.1, -0.05) is 39.8 Å². The molecule has 1 aliphatic heterocycles. The number of rotatable bonds is 4. The van der Waals surface area contributed by atoms with Gasteiger partial charge >= 0.3 is 0 Å². The minimum absolute atomic E-state index is 0.0751. The Labute approximate surface area is 146 Å². The molecule has 2 aliphatic rings. The Morgan fingerprint density at radius 1 is 1.26 bits per heavy atom. The van der Waals surface area contributed by atoms with Crippen LogP contribution in [0, 0.1) is 23.2 Å². The molecule has 3 nitrogen and oxygen atoms in total. The number of hydrogen-bond donors (Lipinski definition) is 1. The topological polar surface area (TPSA) is 32.3 Å². The van der Waals surface area contributed by atoms with Crippen LogP contribution >= 0.6 is 11.6 Å². The Morgan fingerprint density at radius 2 is 1.96 bits per heavy atom. The van der Waals surface area contributed by atoms with Crippen LogP contribution in [0.5, 0.6) is 0 Å². The molecule has 0 aromatic rings. The Morgan fingerprint density at radius 3 is 2.43 bits per heavy atom. The molecule has 2 unspecified atom stereocenters. The first kappa shape index (κ1) is 18.8. The van der Waals surface area contributed by atoms with E-state index in [1.807, 2.05) is 7.05 Å². The highest BCUT2D eigenvalue weighted by Gasteiger charge is 2.42. The summed E-state index contributed by atoms with van der Waals surface area (Å²) in [5, 5.41) is 3.40. The van der Waals surface area contributed by atoms with Crippen LogP contribution in [0.1, 0.15) is 47.0 Å². The summed E-state index contributed by atoms with van der Waals surface area (Å²) in [6.45, 7) is 10.6. The number of carbonyl (C=O) groups is 1. The predicted octanol–water partition coefficient (Wildman–Crippen LogP) is 3.68. The molecule has 2 rings (SSSR count). The monoisotopic (exact) mass is 340 g/mol. The number of piperidine rings is 1. The van der Waals surface area contributed by atoms with E-state index in [9.17, 15) is 4.79 Å².